The molecule has 1 aromatic carbocycles. The summed E-state index contributed by atoms with van der Waals surface area (Å²) in [5, 5.41) is 20.6. The quantitative estimate of drug-likeness (QED) is 0.795. The zero-order chi connectivity index (χ0) is 15.6. The number of carbonyl (C=O) groups is 2. The molecule has 0 spiro atoms. The molecule has 2 rings (SSSR count). The fraction of sp³-hybridized carbons (Fsp3) is 0.429. The number of aromatic carboxylic acids is 1. The molecule has 1 aliphatic rings. The molecule has 0 heterocycles. The van der Waals surface area contributed by atoms with Crippen molar-refractivity contribution >= 4 is 17.6 Å². The third kappa shape index (κ3) is 3.48. The smallest absolute Gasteiger partial charge is 0.338 e. The maximum Gasteiger partial charge on any atom is 0.338 e. The number of nitrogens with one attached hydrogen (secondary N) is 1. The summed E-state index contributed by atoms with van der Waals surface area (Å²) in [4.78, 5) is 21.8. The summed E-state index contributed by atoms with van der Waals surface area (Å²) >= 11 is 0. The molecule has 3 N–H and O–H groups in total. The highest BCUT2D eigenvalue weighted by Gasteiger charge is 2.27. The van der Waals surface area contributed by atoms with E-state index in [9.17, 15) is 18.4 Å². The minimum Gasteiger partial charge on any atom is -0.481 e. The number of carboxylic acids is 2. The SMILES string of the molecule is O=C(O)c1cc(NC2CCCC(C(=O)O)C2)c(F)cc1F. The average molecular weight is 299 g/mol. The van der Waals surface area contributed by atoms with Crippen LogP contribution in [-0.4, -0.2) is 28.2 Å². The van der Waals surface area contributed by atoms with Gasteiger partial charge >= 0.3 is 11.9 Å². The van der Waals surface area contributed by atoms with E-state index in [1.807, 2.05) is 0 Å². The number of benzene rings is 1. The standard InChI is InChI=1S/C14H15F2NO4/c15-10-6-11(16)12(5-9(10)14(20)21)17-8-3-1-2-7(4-8)13(18)19/h5-8,17H,1-4H2,(H,18,19)(H,20,21). The van der Waals surface area contributed by atoms with E-state index < -0.39 is 35.1 Å². The number of aliphatic carboxylic acids is 1. The van der Waals surface area contributed by atoms with Gasteiger partial charge in [0.25, 0.3) is 0 Å². The lowest BCUT2D eigenvalue weighted by Crippen LogP contribution is -2.31. The number of carboxylic acid groups (broad SMARTS) is 2. The Bertz CT molecular complexity index is 576. The Kier molecular flexibility index (Phi) is 4.40. The van der Waals surface area contributed by atoms with Crippen molar-refractivity contribution in [3.8, 4) is 0 Å². The van der Waals surface area contributed by atoms with Crippen molar-refractivity contribution < 1.29 is 28.6 Å². The van der Waals surface area contributed by atoms with E-state index in [-0.39, 0.29) is 11.7 Å². The van der Waals surface area contributed by atoms with Gasteiger partial charge < -0.3 is 15.5 Å². The van der Waals surface area contributed by atoms with Gasteiger partial charge in [-0.3, -0.25) is 4.79 Å². The van der Waals surface area contributed by atoms with E-state index in [4.69, 9.17) is 10.2 Å². The molecule has 0 radical (unpaired) electrons. The zero-order valence-corrected chi connectivity index (χ0v) is 11.1. The molecule has 2 unspecified atom stereocenters. The van der Waals surface area contributed by atoms with Crippen LogP contribution in [0.15, 0.2) is 12.1 Å². The molecular weight excluding hydrogens is 284 g/mol. The van der Waals surface area contributed by atoms with Crippen LogP contribution in [0.3, 0.4) is 0 Å². The molecule has 0 saturated heterocycles. The van der Waals surface area contributed by atoms with Crippen molar-refractivity contribution in [2.24, 2.45) is 5.92 Å². The number of anilines is 1. The van der Waals surface area contributed by atoms with Crippen molar-refractivity contribution in [2.45, 2.75) is 31.7 Å². The van der Waals surface area contributed by atoms with E-state index in [2.05, 4.69) is 5.32 Å². The monoisotopic (exact) mass is 299 g/mol. The van der Waals surface area contributed by atoms with Crippen LogP contribution in [-0.2, 0) is 4.79 Å². The summed E-state index contributed by atoms with van der Waals surface area (Å²) in [6, 6.07) is 1.14. The van der Waals surface area contributed by atoms with Crippen molar-refractivity contribution in [1.29, 1.82) is 0 Å². The molecule has 1 aromatic rings. The maximum absolute atomic E-state index is 13.7. The molecule has 7 heteroatoms. The number of halogens is 2. The van der Waals surface area contributed by atoms with Gasteiger partial charge in [0.15, 0.2) is 0 Å². The summed E-state index contributed by atoms with van der Waals surface area (Å²) in [6.07, 6.45) is 2.24. The first-order valence-corrected chi connectivity index (χ1v) is 6.60. The lowest BCUT2D eigenvalue weighted by molar-refractivity contribution is -0.142. The Balaban J connectivity index is 2.17. The summed E-state index contributed by atoms with van der Waals surface area (Å²) in [7, 11) is 0. The molecule has 2 atom stereocenters. The summed E-state index contributed by atoms with van der Waals surface area (Å²) in [6.45, 7) is 0. The number of hydrogen-bond acceptors (Lipinski definition) is 3. The van der Waals surface area contributed by atoms with Crippen LogP contribution in [0.5, 0.6) is 0 Å². The Morgan fingerprint density at radius 3 is 2.48 bits per heavy atom. The summed E-state index contributed by atoms with van der Waals surface area (Å²) in [5.74, 6) is -4.92. The predicted octanol–water partition coefficient (Wildman–Crippen LogP) is 2.72. The Morgan fingerprint density at radius 1 is 1.14 bits per heavy atom. The second-order valence-electron chi connectivity index (χ2n) is 5.16. The molecule has 0 aromatic heterocycles. The molecular formula is C14H15F2NO4. The lowest BCUT2D eigenvalue weighted by atomic mass is 9.85. The van der Waals surface area contributed by atoms with Crippen molar-refractivity contribution in [1.82, 2.24) is 0 Å². The zero-order valence-electron chi connectivity index (χ0n) is 11.1. The van der Waals surface area contributed by atoms with Crippen LogP contribution in [0.25, 0.3) is 0 Å². The fourth-order valence-electron chi connectivity index (χ4n) is 2.59. The molecule has 21 heavy (non-hydrogen) atoms. The topological polar surface area (TPSA) is 86.6 Å². The predicted molar refractivity (Wildman–Crippen MR) is 70.3 cm³/mol. The van der Waals surface area contributed by atoms with Gasteiger partial charge in [-0.05, 0) is 25.3 Å². The first kappa shape index (κ1) is 15.2. The van der Waals surface area contributed by atoms with Crippen molar-refractivity contribution in [3.63, 3.8) is 0 Å². The Morgan fingerprint density at radius 2 is 1.86 bits per heavy atom. The van der Waals surface area contributed by atoms with Gasteiger partial charge in [-0.25, -0.2) is 13.6 Å². The van der Waals surface area contributed by atoms with Gasteiger partial charge in [-0.2, -0.15) is 0 Å². The van der Waals surface area contributed by atoms with Crippen LogP contribution in [0.2, 0.25) is 0 Å². The second kappa shape index (κ2) is 6.07. The molecule has 0 bridgehead atoms. The molecule has 1 saturated carbocycles. The van der Waals surface area contributed by atoms with E-state index in [0.29, 0.717) is 31.7 Å². The maximum atomic E-state index is 13.7. The van der Waals surface area contributed by atoms with E-state index in [0.717, 1.165) is 6.07 Å². The van der Waals surface area contributed by atoms with Gasteiger partial charge in [-0.15, -0.1) is 0 Å². The highest BCUT2D eigenvalue weighted by Crippen LogP contribution is 2.28. The van der Waals surface area contributed by atoms with Crippen LogP contribution < -0.4 is 5.32 Å². The normalized spacial score (nSPS) is 21.8. The van der Waals surface area contributed by atoms with Gasteiger partial charge in [0.2, 0.25) is 0 Å². The second-order valence-corrected chi connectivity index (χ2v) is 5.16. The number of hydrogen-bond donors (Lipinski definition) is 3. The van der Waals surface area contributed by atoms with Crippen molar-refractivity contribution in [2.75, 3.05) is 5.32 Å². The Labute approximate surface area is 119 Å². The third-order valence-corrected chi connectivity index (χ3v) is 3.67. The van der Waals surface area contributed by atoms with Crippen molar-refractivity contribution in [3.05, 3.63) is 29.3 Å². The largest absolute Gasteiger partial charge is 0.481 e. The van der Waals surface area contributed by atoms with Gasteiger partial charge in [0.05, 0.1) is 17.2 Å². The van der Waals surface area contributed by atoms with E-state index in [1.165, 1.54) is 0 Å². The first-order chi connectivity index (χ1) is 9.88. The Hall–Kier alpha value is -2.18. The van der Waals surface area contributed by atoms with E-state index >= 15 is 0 Å². The van der Waals surface area contributed by atoms with Gasteiger partial charge in [0.1, 0.15) is 11.6 Å². The molecule has 1 fully saturated rings. The average Bonchev–Trinajstić information content (AvgIpc) is 2.41. The molecule has 0 aliphatic heterocycles. The lowest BCUT2D eigenvalue weighted by Gasteiger charge is -2.28. The fourth-order valence-corrected chi connectivity index (χ4v) is 2.59. The highest BCUT2D eigenvalue weighted by molar-refractivity contribution is 5.89. The first-order valence-electron chi connectivity index (χ1n) is 6.60. The molecule has 114 valence electrons. The molecule has 1 aliphatic carbocycles. The number of rotatable bonds is 4. The minimum atomic E-state index is -1.48. The van der Waals surface area contributed by atoms with Crippen LogP contribution >= 0.6 is 0 Å². The highest BCUT2D eigenvalue weighted by atomic mass is 19.1. The third-order valence-electron chi connectivity index (χ3n) is 3.67. The molecule has 5 nitrogen and oxygen atoms in total. The van der Waals surface area contributed by atoms with Crippen LogP contribution in [0.4, 0.5) is 14.5 Å². The molecule has 0 amide bonds. The van der Waals surface area contributed by atoms with E-state index in [1.54, 1.807) is 0 Å². The van der Waals surface area contributed by atoms with Crippen LogP contribution in [0.1, 0.15) is 36.0 Å². The van der Waals surface area contributed by atoms with Crippen LogP contribution in [0, 0.1) is 17.6 Å². The summed E-state index contributed by atoms with van der Waals surface area (Å²) in [5.41, 5.74) is -0.741. The van der Waals surface area contributed by atoms with Gasteiger partial charge in [0, 0.05) is 12.1 Å². The summed E-state index contributed by atoms with van der Waals surface area (Å²) < 4.78 is 27.0. The van der Waals surface area contributed by atoms with Gasteiger partial charge in [-0.1, -0.05) is 6.42 Å². The minimum absolute atomic E-state index is 0.121.